The van der Waals surface area contributed by atoms with Gasteiger partial charge in [-0.2, -0.15) is 0 Å². The van der Waals surface area contributed by atoms with E-state index in [1.54, 1.807) is 0 Å². The van der Waals surface area contributed by atoms with Crippen molar-refractivity contribution in [3.8, 4) is 0 Å². The van der Waals surface area contributed by atoms with E-state index in [2.05, 4.69) is 6.58 Å². The van der Waals surface area contributed by atoms with Crippen LogP contribution < -0.4 is 0 Å². The lowest BCUT2D eigenvalue weighted by atomic mass is 9.68. The van der Waals surface area contributed by atoms with Gasteiger partial charge < -0.3 is 9.47 Å². The standard InChI is InChI=1S/C16H22O4/c1-4-12(17)20-16(5-2,6-3)14-9-7-10-11(8-9)19-15(18)13(10)14/h4,9-11,13-14H,1,5-8H2,2-3H3. The zero-order chi connectivity index (χ0) is 14.5. The maximum absolute atomic E-state index is 12.2. The van der Waals surface area contributed by atoms with Gasteiger partial charge in [0, 0.05) is 17.9 Å². The molecular formula is C16H22O4. The van der Waals surface area contributed by atoms with E-state index >= 15 is 0 Å². The molecule has 4 heteroatoms. The predicted octanol–water partition coefficient (Wildman–Crippen LogP) is 2.47. The van der Waals surface area contributed by atoms with Gasteiger partial charge in [-0.1, -0.05) is 20.4 Å². The van der Waals surface area contributed by atoms with E-state index in [4.69, 9.17) is 9.47 Å². The van der Waals surface area contributed by atoms with Crippen LogP contribution in [0.15, 0.2) is 12.7 Å². The number of ether oxygens (including phenoxy) is 2. The molecule has 3 rings (SSSR count). The number of hydrogen-bond acceptors (Lipinski definition) is 4. The average Bonchev–Trinajstić information content (AvgIpc) is 3.06. The molecule has 1 aliphatic heterocycles. The Hall–Kier alpha value is -1.32. The Labute approximate surface area is 119 Å². The van der Waals surface area contributed by atoms with Crippen LogP contribution in [0.2, 0.25) is 0 Å². The summed E-state index contributed by atoms with van der Waals surface area (Å²) in [4.78, 5) is 23.9. The molecule has 2 aliphatic carbocycles. The first kappa shape index (κ1) is 13.7. The molecule has 0 radical (unpaired) electrons. The van der Waals surface area contributed by atoms with E-state index < -0.39 is 5.60 Å². The lowest BCUT2D eigenvalue weighted by Crippen LogP contribution is -2.48. The first-order valence-corrected chi connectivity index (χ1v) is 7.62. The van der Waals surface area contributed by atoms with E-state index in [0.29, 0.717) is 11.8 Å². The number of rotatable bonds is 5. The monoisotopic (exact) mass is 278 g/mol. The summed E-state index contributed by atoms with van der Waals surface area (Å²) in [6.07, 6.45) is 4.76. The molecule has 2 saturated carbocycles. The van der Waals surface area contributed by atoms with Crippen LogP contribution in [0.5, 0.6) is 0 Å². The topological polar surface area (TPSA) is 52.6 Å². The van der Waals surface area contributed by atoms with Gasteiger partial charge in [0.25, 0.3) is 0 Å². The van der Waals surface area contributed by atoms with Crippen LogP contribution in [0.25, 0.3) is 0 Å². The zero-order valence-corrected chi connectivity index (χ0v) is 12.1. The molecule has 1 saturated heterocycles. The van der Waals surface area contributed by atoms with E-state index in [0.717, 1.165) is 25.7 Å². The Morgan fingerprint density at radius 3 is 2.75 bits per heavy atom. The summed E-state index contributed by atoms with van der Waals surface area (Å²) in [7, 11) is 0. The van der Waals surface area contributed by atoms with Gasteiger partial charge in [0.2, 0.25) is 0 Å². The second-order valence-corrected chi connectivity index (χ2v) is 6.32. The first-order chi connectivity index (χ1) is 9.56. The Morgan fingerprint density at radius 2 is 2.15 bits per heavy atom. The number of carbonyl (C=O) groups excluding carboxylic acids is 2. The largest absolute Gasteiger partial charge is 0.462 e. The minimum Gasteiger partial charge on any atom is -0.462 e. The summed E-state index contributed by atoms with van der Waals surface area (Å²) in [5, 5.41) is 0. The Bertz CT molecular complexity index is 449. The maximum Gasteiger partial charge on any atom is 0.330 e. The van der Waals surface area contributed by atoms with Crippen LogP contribution >= 0.6 is 0 Å². The molecule has 110 valence electrons. The van der Waals surface area contributed by atoms with Gasteiger partial charge >= 0.3 is 11.9 Å². The number of hydrogen-bond donors (Lipinski definition) is 0. The highest BCUT2D eigenvalue weighted by Crippen LogP contribution is 2.62. The van der Waals surface area contributed by atoms with Gasteiger partial charge in [-0.05, 0) is 31.6 Å². The Balaban J connectivity index is 1.94. The molecule has 0 spiro atoms. The smallest absolute Gasteiger partial charge is 0.330 e. The Kier molecular flexibility index (Phi) is 3.14. The third-order valence-electron chi connectivity index (χ3n) is 5.76. The first-order valence-electron chi connectivity index (χ1n) is 7.62. The lowest BCUT2D eigenvalue weighted by Gasteiger charge is -2.42. The predicted molar refractivity (Wildman–Crippen MR) is 72.7 cm³/mol. The van der Waals surface area contributed by atoms with Crippen LogP contribution in [0, 0.1) is 23.7 Å². The molecule has 0 aromatic carbocycles. The fourth-order valence-corrected chi connectivity index (χ4v) is 4.92. The molecule has 5 unspecified atom stereocenters. The molecular weight excluding hydrogens is 256 g/mol. The third-order valence-corrected chi connectivity index (χ3v) is 5.76. The zero-order valence-electron chi connectivity index (χ0n) is 12.1. The second kappa shape index (κ2) is 4.61. The van der Waals surface area contributed by atoms with Crippen molar-refractivity contribution in [3.63, 3.8) is 0 Å². The number of carbonyl (C=O) groups is 2. The average molecular weight is 278 g/mol. The van der Waals surface area contributed by atoms with Crippen molar-refractivity contribution >= 4 is 11.9 Å². The molecule has 4 nitrogen and oxygen atoms in total. The molecule has 0 amide bonds. The van der Waals surface area contributed by atoms with E-state index in [-0.39, 0.29) is 29.9 Å². The molecule has 2 bridgehead atoms. The van der Waals surface area contributed by atoms with Crippen molar-refractivity contribution in [1.82, 2.24) is 0 Å². The summed E-state index contributed by atoms with van der Waals surface area (Å²) in [6.45, 7) is 7.55. The highest BCUT2D eigenvalue weighted by molar-refractivity contribution is 5.82. The molecule has 3 fully saturated rings. The summed E-state index contributed by atoms with van der Waals surface area (Å²) in [5.74, 6) is 0.357. The van der Waals surface area contributed by atoms with Crippen molar-refractivity contribution in [2.45, 2.75) is 51.2 Å². The van der Waals surface area contributed by atoms with Crippen LogP contribution in [0.4, 0.5) is 0 Å². The minimum atomic E-state index is -0.552. The molecule has 0 aromatic rings. The van der Waals surface area contributed by atoms with Crippen molar-refractivity contribution in [2.75, 3.05) is 0 Å². The van der Waals surface area contributed by atoms with Crippen molar-refractivity contribution < 1.29 is 19.1 Å². The third kappa shape index (κ3) is 1.66. The van der Waals surface area contributed by atoms with Crippen LogP contribution in [-0.2, 0) is 19.1 Å². The van der Waals surface area contributed by atoms with Crippen molar-refractivity contribution in [3.05, 3.63) is 12.7 Å². The lowest BCUT2D eigenvalue weighted by molar-refractivity contribution is -0.169. The van der Waals surface area contributed by atoms with Crippen LogP contribution in [0.3, 0.4) is 0 Å². The molecule has 3 aliphatic rings. The highest BCUT2D eigenvalue weighted by atomic mass is 16.6. The molecule has 5 atom stereocenters. The van der Waals surface area contributed by atoms with Gasteiger partial charge in [0.05, 0.1) is 5.92 Å². The highest BCUT2D eigenvalue weighted by Gasteiger charge is 2.66. The fraction of sp³-hybridized carbons (Fsp3) is 0.750. The van der Waals surface area contributed by atoms with Gasteiger partial charge in [-0.3, -0.25) is 4.79 Å². The number of esters is 2. The van der Waals surface area contributed by atoms with Crippen LogP contribution in [0.1, 0.15) is 39.5 Å². The summed E-state index contributed by atoms with van der Waals surface area (Å²) in [6, 6.07) is 0. The summed E-state index contributed by atoms with van der Waals surface area (Å²) in [5.41, 5.74) is -0.552. The van der Waals surface area contributed by atoms with Gasteiger partial charge in [-0.25, -0.2) is 4.79 Å². The van der Waals surface area contributed by atoms with E-state index in [1.165, 1.54) is 6.08 Å². The van der Waals surface area contributed by atoms with Crippen molar-refractivity contribution in [1.29, 1.82) is 0 Å². The van der Waals surface area contributed by atoms with E-state index in [9.17, 15) is 9.59 Å². The van der Waals surface area contributed by atoms with Gasteiger partial charge in [0.1, 0.15) is 11.7 Å². The normalized spacial score (nSPS) is 37.9. The second-order valence-electron chi connectivity index (χ2n) is 6.32. The van der Waals surface area contributed by atoms with Gasteiger partial charge in [0.15, 0.2) is 0 Å². The number of fused-ring (bicyclic) bond motifs is 1. The quantitative estimate of drug-likeness (QED) is 0.572. The molecule has 20 heavy (non-hydrogen) atoms. The van der Waals surface area contributed by atoms with Crippen LogP contribution in [-0.4, -0.2) is 23.6 Å². The van der Waals surface area contributed by atoms with Crippen molar-refractivity contribution in [2.24, 2.45) is 23.7 Å². The maximum atomic E-state index is 12.2. The Morgan fingerprint density at radius 1 is 1.45 bits per heavy atom. The molecule has 1 heterocycles. The molecule has 0 N–H and O–H groups in total. The summed E-state index contributed by atoms with van der Waals surface area (Å²) >= 11 is 0. The van der Waals surface area contributed by atoms with Gasteiger partial charge in [-0.15, -0.1) is 0 Å². The molecule has 0 aromatic heterocycles. The minimum absolute atomic E-state index is 0.0729. The SMILES string of the molecule is C=CC(=O)OC(CC)(CC)C1C2CC3OC(=O)C1C3C2. The van der Waals surface area contributed by atoms with E-state index in [1.807, 2.05) is 13.8 Å². The fourth-order valence-electron chi connectivity index (χ4n) is 4.92. The summed E-state index contributed by atoms with van der Waals surface area (Å²) < 4.78 is 11.2.